The van der Waals surface area contributed by atoms with Crippen molar-refractivity contribution in [2.45, 2.75) is 81.1 Å². The van der Waals surface area contributed by atoms with Crippen molar-refractivity contribution in [2.75, 3.05) is 6.61 Å². The molecule has 2 aromatic heterocycles. The van der Waals surface area contributed by atoms with Gasteiger partial charge in [0.2, 0.25) is 5.71 Å². The third kappa shape index (κ3) is 10.3. The fraction of sp³-hybridized carbons (Fsp3) is 0.424. The van der Waals surface area contributed by atoms with Gasteiger partial charge in [-0.15, -0.1) is 0 Å². The lowest BCUT2D eigenvalue weighted by atomic mass is 10.0. The molecule has 0 spiro atoms. The molecule has 3 nitrogen and oxygen atoms in total. The summed E-state index contributed by atoms with van der Waals surface area (Å²) in [4.78, 5) is 4.40. The second kappa shape index (κ2) is 18.2. The summed E-state index contributed by atoms with van der Waals surface area (Å²) in [6.45, 7) is 17.8. The van der Waals surface area contributed by atoms with E-state index in [0.717, 1.165) is 60.0 Å². The summed E-state index contributed by atoms with van der Waals surface area (Å²) in [5.74, 6) is 2.68. The minimum Gasteiger partial charge on any atom is -0.494 e. The van der Waals surface area contributed by atoms with Crippen LogP contribution in [0.15, 0.2) is 77.3 Å². The number of nitrogens with zero attached hydrogens (tertiary/aromatic N) is 1. The van der Waals surface area contributed by atoms with E-state index in [1.807, 2.05) is 68.6 Å². The van der Waals surface area contributed by atoms with Gasteiger partial charge in [0.05, 0.1) is 6.61 Å². The molecule has 0 saturated heterocycles. The fourth-order valence-electron chi connectivity index (χ4n) is 3.31. The first kappa shape index (κ1) is 31.0. The number of fused-ring (bicyclic) bond motifs is 1. The van der Waals surface area contributed by atoms with Crippen LogP contribution < -0.4 is 4.74 Å². The molecule has 196 valence electrons. The van der Waals surface area contributed by atoms with E-state index in [-0.39, 0.29) is 0 Å². The lowest BCUT2D eigenvalue weighted by Gasteiger charge is -2.05. The molecule has 0 aliphatic rings. The van der Waals surface area contributed by atoms with Crippen LogP contribution in [0.4, 0.5) is 0 Å². The van der Waals surface area contributed by atoms with E-state index in [0.29, 0.717) is 0 Å². The van der Waals surface area contributed by atoms with Gasteiger partial charge in [-0.3, -0.25) is 0 Å². The molecule has 4 rings (SSSR count). The topological polar surface area (TPSA) is 35.3 Å². The van der Waals surface area contributed by atoms with Crippen LogP contribution in [-0.4, -0.2) is 11.6 Å². The summed E-state index contributed by atoms with van der Waals surface area (Å²) in [5.41, 5.74) is 4.27. The number of furan rings is 1. The number of hydrogen-bond donors (Lipinski definition) is 0. The number of rotatable bonds is 7. The van der Waals surface area contributed by atoms with Gasteiger partial charge in [0.25, 0.3) is 0 Å². The van der Waals surface area contributed by atoms with Crippen LogP contribution in [0.1, 0.15) is 78.9 Å². The van der Waals surface area contributed by atoms with Crippen LogP contribution in [0.2, 0.25) is 0 Å². The maximum atomic E-state index is 6.04. The molecule has 0 fully saturated rings. The van der Waals surface area contributed by atoms with Gasteiger partial charge in [0.15, 0.2) is 0 Å². The molecule has 0 amide bonds. The highest BCUT2D eigenvalue weighted by Crippen LogP contribution is 2.34. The number of aryl methyl sites for hydroxylation is 2. The van der Waals surface area contributed by atoms with Crippen LogP contribution in [0, 0.1) is 12.8 Å². The molecule has 0 aliphatic carbocycles. The number of hydrogen-bond acceptors (Lipinski definition) is 3. The Kier molecular flexibility index (Phi) is 15.7. The molecule has 0 saturated carbocycles. The van der Waals surface area contributed by atoms with E-state index >= 15 is 0 Å². The van der Waals surface area contributed by atoms with Gasteiger partial charge in [0.1, 0.15) is 11.5 Å². The lowest BCUT2D eigenvalue weighted by molar-refractivity contribution is 0.317. The standard InChI is InChI=1S/C20H23NO2.C6H6.C5H12.C2H6/c1-4-6-15-11-12-21-20-18(15)14(3)19(23-20)16-7-9-17(10-8-16)22-13-5-2;1-2-4-6-5-3-1;1-4-5(2)3;1-2/h7-12H,4-6,13H2,1-3H3;1-6H;5H,4H2,1-3H3;1-2H3. The van der Waals surface area contributed by atoms with Crippen molar-refractivity contribution in [2.24, 2.45) is 5.92 Å². The van der Waals surface area contributed by atoms with Gasteiger partial charge >= 0.3 is 0 Å². The van der Waals surface area contributed by atoms with Crippen LogP contribution in [0.3, 0.4) is 0 Å². The molecular formula is C33H47NO2. The van der Waals surface area contributed by atoms with Gasteiger partial charge in [0, 0.05) is 22.7 Å². The number of ether oxygens (including phenoxy) is 1. The minimum absolute atomic E-state index is 0.731. The van der Waals surface area contributed by atoms with Gasteiger partial charge in [-0.2, -0.15) is 0 Å². The average molecular weight is 490 g/mol. The Bertz CT molecular complexity index is 1040. The molecule has 2 aromatic carbocycles. The van der Waals surface area contributed by atoms with Crippen molar-refractivity contribution in [3.63, 3.8) is 0 Å². The summed E-state index contributed by atoms with van der Waals surface area (Å²) in [6, 6.07) is 22.2. The molecule has 36 heavy (non-hydrogen) atoms. The predicted molar refractivity (Wildman–Crippen MR) is 157 cm³/mol. The first-order valence-electron chi connectivity index (χ1n) is 13.6. The number of aromatic nitrogens is 1. The van der Waals surface area contributed by atoms with Crippen molar-refractivity contribution in [3.8, 4) is 17.1 Å². The Labute approximate surface area is 219 Å². The van der Waals surface area contributed by atoms with Crippen molar-refractivity contribution >= 4 is 11.1 Å². The van der Waals surface area contributed by atoms with E-state index in [4.69, 9.17) is 9.15 Å². The molecule has 0 N–H and O–H groups in total. The second-order valence-electron chi connectivity index (χ2n) is 8.79. The van der Waals surface area contributed by atoms with E-state index in [1.165, 1.54) is 17.5 Å². The van der Waals surface area contributed by atoms with Crippen molar-refractivity contribution < 1.29 is 9.15 Å². The zero-order valence-corrected chi connectivity index (χ0v) is 23.8. The maximum Gasteiger partial charge on any atom is 0.227 e. The summed E-state index contributed by atoms with van der Waals surface area (Å²) in [6.07, 6.45) is 6.31. The highest BCUT2D eigenvalue weighted by molar-refractivity contribution is 5.88. The van der Waals surface area contributed by atoms with Gasteiger partial charge < -0.3 is 9.15 Å². The van der Waals surface area contributed by atoms with Gasteiger partial charge in [-0.1, -0.05) is 97.7 Å². The number of pyridine rings is 1. The Hall–Kier alpha value is -3.07. The number of benzene rings is 2. The van der Waals surface area contributed by atoms with E-state index in [2.05, 4.69) is 64.7 Å². The molecule has 0 atom stereocenters. The molecule has 0 bridgehead atoms. The predicted octanol–water partition coefficient (Wildman–Crippen LogP) is 10.3. The normalized spacial score (nSPS) is 9.92. The summed E-state index contributed by atoms with van der Waals surface area (Å²) >= 11 is 0. The zero-order chi connectivity index (χ0) is 26.8. The summed E-state index contributed by atoms with van der Waals surface area (Å²) < 4.78 is 11.7. The maximum absolute atomic E-state index is 6.04. The molecule has 4 aromatic rings. The quantitative estimate of drug-likeness (QED) is 0.259. The first-order valence-corrected chi connectivity index (χ1v) is 13.6. The minimum atomic E-state index is 0.731. The third-order valence-electron chi connectivity index (χ3n) is 5.51. The summed E-state index contributed by atoms with van der Waals surface area (Å²) in [5, 5.41) is 1.16. The highest BCUT2D eigenvalue weighted by atomic mass is 16.5. The van der Waals surface area contributed by atoms with Gasteiger partial charge in [-0.05, 0) is 61.6 Å². The average Bonchev–Trinajstić information content (AvgIpc) is 3.28. The van der Waals surface area contributed by atoms with E-state index in [9.17, 15) is 0 Å². The summed E-state index contributed by atoms with van der Waals surface area (Å²) in [7, 11) is 0. The van der Waals surface area contributed by atoms with Crippen molar-refractivity contribution in [1.29, 1.82) is 0 Å². The second-order valence-corrected chi connectivity index (χ2v) is 8.79. The SMILES string of the molecule is CC.CCC(C)C.CCCOc1ccc(-c2oc3nccc(CCC)c3c2C)cc1.c1ccccc1. The lowest BCUT2D eigenvalue weighted by Crippen LogP contribution is -1.94. The zero-order valence-electron chi connectivity index (χ0n) is 23.8. The van der Waals surface area contributed by atoms with E-state index in [1.54, 1.807) is 0 Å². The Morgan fingerprint density at radius 1 is 0.833 bits per heavy atom. The Morgan fingerprint density at radius 2 is 1.39 bits per heavy atom. The molecule has 3 heteroatoms. The molecule has 0 aliphatic heterocycles. The Morgan fingerprint density at radius 3 is 1.86 bits per heavy atom. The van der Waals surface area contributed by atoms with Crippen LogP contribution in [0.25, 0.3) is 22.4 Å². The fourth-order valence-corrected chi connectivity index (χ4v) is 3.31. The molecule has 0 unspecified atom stereocenters. The smallest absolute Gasteiger partial charge is 0.227 e. The largest absolute Gasteiger partial charge is 0.494 e. The van der Waals surface area contributed by atoms with Crippen molar-refractivity contribution in [3.05, 3.63) is 84.1 Å². The van der Waals surface area contributed by atoms with E-state index < -0.39 is 0 Å². The third-order valence-corrected chi connectivity index (χ3v) is 5.51. The van der Waals surface area contributed by atoms with Crippen LogP contribution in [0.5, 0.6) is 5.75 Å². The van der Waals surface area contributed by atoms with Crippen LogP contribution >= 0.6 is 0 Å². The molecular weight excluding hydrogens is 442 g/mol. The van der Waals surface area contributed by atoms with Crippen molar-refractivity contribution in [1.82, 2.24) is 4.98 Å². The monoisotopic (exact) mass is 489 g/mol. The highest BCUT2D eigenvalue weighted by Gasteiger charge is 2.16. The molecule has 0 radical (unpaired) electrons. The first-order chi connectivity index (χ1) is 17.5. The molecule has 2 heterocycles. The van der Waals surface area contributed by atoms with Gasteiger partial charge in [-0.25, -0.2) is 4.98 Å². The van der Waals surface area contributed by atoms with Crippen LogP contribution in [-0.2, 0) is 6.42 Å². The Balaban J connectivity index is 0.000000411.